The number of nitrogens with one attached hydrogen (secondary N) is 1. The van der Waals surface area contributed by atoms with E-state index in [1.165, 1.54) is 0 Å². The largest absolute Gasteiger partial charge is 0.507 e. The summed E-state index contributed by atoms with van der Waals surface area (Å²) >= 11 is 0. The molecule has 0 heterocycles. The Bertz CT molecular complexity index is 862. The third-order valence-electron chi connectivity index (χ3n) is 4.13. The number of aliphatic hydroxyl groups excluding tert-OH is 1. The van der Waals surface area contributed by atoms with Gasteiger partial charge in [-0.2, -0.15) is 0 Å². The van der Waals surface area contributed by atoms with E-state index in [4.69, 9.17) is 0 Å². The molecule has 27 heavy (non-hydrogen) atoms. The fourth-order valence-corrected chi connectivity index (χ4v) is 3.99. The van der Waals surface area contributed by atoms with Crippen LogP contribution >= 0.6 is 0 Å². The molecule has 0 spiro atoms. The molecule has 2 N–H and O–H groups in total. The molecule has 0 aromatic heterocycles. The number of ketones is 1. The van der Waals surface area contributed by atoms with E-state index in [1.807, 2.05) is 6.92 Å². The molecule has 0 aliphatic carbocycles. The van der Waals surface area contributed by atoms with Crippen LogP contribution in [0.5, 0.6) is 0 Å². The van der Waals surface area contributed by atoms with E-state index in [2.05, 4.69) is 5.32 Å². The van der Waals surface area contributed by atoms with Gasteiger partial charge in [0.15, 0.2) is 15.6 Å². The highest BCUT2D eigenvalue weighted by Gasteiger charge is 2.32. The van der Waals surface area contributed by atoms with Gasteiger partial charge in [0.1, 0.15) is 11.0 Å². The van der Waals surface area contributed by atoms with Crippen molar-refractivity contribution in [3.63, 3.8) is 0 Å². The lowest BCUT2D eigenvalue weighted by Crippen LogP contribution is -2.39. The van der Waals surface area contributed by atoms with Crippen LogP contribution in [0.15, 0.2) is 66.1 Å². The van der Waals surface area contributed by atoms with Gasteiger partial charge in [-0.05, 0) is 13.0 Å². The number of carbonyl (C=O) groups is 1. The van der Waals surface area contributed by atoms with Crippen molar-refractivity contribution in [1.82, 2.24) is 5.32 Å². The van der Waals surface area contributed by atoms with Crippen LogP contribution in [0.3, 0.4) is 0 Å². The van der Waals surface area contributed by atoms with Crippen molar-refractivity contribution in [2.24, 2.45) is 0 Å². The summed E-state index contributed by atoms with van der Waals surface area (Å²) in [6.07, 6.45) is 1.85. The number of hydrogen-bond acceptors (Lipinski definition) is 5. The van der Waals surface area contributed by atoms with Crippen LogP contribution < -0.4 is 5.32 Å². The average Bonchev–Trinajstić information content (AvgIpc) is 2.68. The van der Waals surface area contributed by atoms with Gasteiger partial charge in [-0.1, -0.05) is 74.0 Å². The van der Waals surface area contributed by atoms with Crippen molar-refractivity contribution >= 4 is 21.4 Å². The van der Waals surface area contributed by atoms with Crippen LogP contribution in [0, 0.1) is 0 Å². The van der Waals surface area contributed by atoms with Crippen molar-refractivity contribution in [2.45, 2.75) is 25.0 Å². The average molecular weight is 388 g/mol. The van der Waals surface area contributed by atoms with E-state index in [0.717, 1.165) is 18.2 Å². The predicted octanol–water partition coefficient (Wildman–Crippen LogP) is 3.60. The molecular formula is C21H25NO4S. The van der Waals surface area contributed by atoms with Crippen molar-refractivity contribution in [1.29, 1.82) is 0 Å². The zero-order valence-electron chi connectivity index (χ0n) is 15.3. The Morgan fingerprint density at radius 1 is 1.04 bits per heavy atom. The maximum atomic E-state index is 12.9. The summed E-state index contributed by atoms with van der Waals surface area (Å²) in [7, 11) is -4.03. The number of sulfone groups is 1. The minimum atomic E-state index is -4.03. The fourth-order valence-electron chi connectivity index (χ4n) is 2.60. The molecule has 0 bridgehead atoms. The van der Waals surface area contributed by atoms with E-state index in [-0.39, 0.29) is 12.3 Å². The van der Waals surface area contributed by atoms with Crippen LogP contribution in [0.25, 0.3) is 5.76 Å². The second-order valence-electron chi connectivity index (χ2n) is 6.23. The lowest BCUT2D eigenvalue weighted by molar-refractivity contribution is 0.0986. The zero-order chi connectivity index (χ0) is 19.7. The monoisotopic (exact) mass is 387 g/mol. The van der Waals surface area contributed by atoms with Gasteiger partial charge in [-0.15, -0.1) is 0 Å². The minimum Gasteiger partial charge on any atom is -0.507 e. The van der Waals surface area contributed by atoms with Gasteiger partial charge >= 0.3 is 0 Å². The van der Waals surface area contributed by atoms with Crippen LogP contribution in [0.2, 0.25) is 0 Å². The molecule has 0 saturated heterocycles. The maximum absolute atomic E-state index is 12.9. The first-order chi connectivity index (χ1) is 13.0. The number of unbranched alkanes of at least 4 members (excludes halogenated alkanes) is 1. The molecule has 0 aliphatic rings. The molecule has 2 aromatic carbocycles. The normalized spacial score (nSPS) is 13.3. The summed E-state index contributed by atoms with van der Waals surface area (Å²) in [5, 5.41) is 12.7. The maximum Gasteiger partial charge on any atom is 0.186 e. The highest BCUT2D eigenvalue weighted by Crippen LogP contribution is 2.18. The Kier molecular flexibility index (Phi) is 7.76. The molecule has 2 aromatic rings. The molecule has 5 nitrogen and oxygen atoms in total. The Labute approximate surface area is 160 Å². The van der Waals surface area contributed by atoms with Gasteiger partial charge in [0.05, 0.1) is 5.41 Å². The first kappa shape index (κ1) is 20.9. The first-order valence-electron chi connectivity index (χ1n) is 8.95. The van der Waals surface area contributed by atoms with Gasteiger partial charge < -0.3 is 10.4 Å². The molecule has 1 atom stereocenters. The van der Waals surface area contributed by atoms with Crippen LogP contribution in [0.1, 0.15) is 35.7 Å². The number of hydrogen-bond donors (Lipinski definition) is 2. The Morgan fingerprint density at radius 2 is 1.59 bits per heavy atom. The molecule has 2 rings (SSSR count). The highest BCUT2D eigenvalue weighted by molar-refractivity contribution is 7.95. The Balaban J connectivity index is 2.31. The minimum absolute atomic E-state index is 0.00533. The fraction of sp³-hybridized carbons (Fsp3) is 0.286. The van der Waals surface area contributed by atoms with E-state index in [1.54, 1.807) is 60.7 Å². The van der Waals surface area contributed by atoms with E-state index in [0.29, 0.717) is 17.7 Å². The summed E-state index contributed by atoms with van der Waals surface area (Å²) in [5.41, 5.74) is 0.710. The van der Waals surface area contributed by atoms with Crippen molar-refractivity contribution < 1.29 is 18.3 Å². The summed E-state index contributed by atoms with van der Waals surface area (Å²) < 4.78 is 25.8. The molecule has 144 valence electrons. The van der Waals surface area contributed by atoms with Crippen molar-refractivity contribution in [3.05, 3.63) is 77.2 Å². The number of benzene rings is 2. The predicted molar refractivity (Wildman–Crippen MR) is 108 cm³/mol. The van der Waals surface area contributed by atoms with Gasteiger partial charge in [0.25, 0.3) is 0 Å². The molecule has 0 amide bonds. The second-order valence-corrected chi connectivity index (χ2v) is 8.22. The zero-order valence-corrected chi connectivity index (χ0v) is 16.2. The topological polar surface area (TPSA) is 83.5 Å². The highest BCUT2D eigenvalue weighted by atomic mass is 32.2. The molecule has 0 aliphatic heterocycles. The summed E-state index contributed by atoms with van der Waals surface area (Å²) in [6, 6.07) is 16.7. The van der Waals surface area contributed by atoms with Gasteiger partial charge in [-0.3, -0.25) is 4.79 Å². The molecule has 6 heteroatoms. The standard InChI is InChI=1S/C21H25NO4S/c1-2-3-14-22-15-20(21(24)18-12-8-5-9-13-18)27(25,26)16-19(23)17-10-6-4-7-11-17/h4-13,16,20,22-23H,2-3,14-15H2,1H3/b19-16-. The smallest absolute Gasteiger partial charge is 0.186 e. The van der Waals surface area contributed by atoms with E-state index >= 15 is 0 Å². The molecule has 0 fully saturated rings. The van der Waals surface area contributed by atoms with E-state index in [9.17, 15) is 18.3 Å². The third-order valence-corrected chi connectivity index (χ3v) is 5.86. The summed E-state index contributed by atoms with van der Waals surface area (Å²) in [6.45, 7) is 2.65. The SMILES string of the molecule is CCCCNCC(C(=O)c1ccccc1)S(=O)(=O)/C=C(\O)c1ccccc1. The molecule has 0 radical (unpaired) electrons. The number of Topliss-reactive ketones (excluding diaryl/α,β-unsaturated/α-hetero) is 1. The quantitative estimate of drug-likeness (QED) is 0.370. The lowest BCUT2D eigenvalue weighted by atomic mass is 10.1. The number of rotatable bonds is 10. The van der Waals surface area contributed by atoms with E-state index < -0.39 is 20.9 Å². The number of aliphatic hydroxyl groups is 1. The first-order valence-corrected chi connectivity index (χ1v) is 10.6. The Morgan fingerprint density at radius 3 is 2.15 bits per heavy atom. The Hall–Kier alpha value is -2.44. The summed E-state index contributed by atoms with van der Waals surface area (Å²) in [4.78, 5) is 12.8. The third kappa shape index (κ3) is 6.05. The van der Waals surface area contributed by atoms with Crippen LogP contribution in [-0.2, 0) is 9.84 Å². The van der Waals surface area contributed by atoms with Crippen molar-refractivity contribution in [3.8, 4) is 0 Å². The van der Waals surface area contributed by atoms with Crippen LogP contribution in [-0.4, -0.2) is 37.6 Å². The molecular weight excluding hydrogens is 362 g/mol. The molecule has 0 saturated carbocycles. The number of carbonyl (C=O) groups excluding carboxylic acids is 1. The van der Waals surface area contributed by atoms with Gasteiger partial charge in [-0.25, -0.2) is 8.42 Å². The molecule has 1 unspecified atom stereocenters. The second kappa shape index (κ2) is 10.0. The van der Waals surface area contributed by atoms with Crippen molar-refractivity contribution in [2.75, 3.05) is 13.1 Å². The summed E-state index contributed by atoms with van der Waals surface area (Å²) in [5.74, 6) is -0.869. The lowest BCUT2D eigenvalue weighted by Gasteiger charge is -2.16. The van der Waals surface area contributed by atoms with Gasteiger partial charge in [0.2, 0.25) is 0 Å². The van der Waals surface area contributed by atoms with Gasteiger partial charge in [0, 0.05) is 17.7 Å². The van der Waals surface area contributed by atoms with Crippen LogP contribution in [0.4, 0.5) is 0 Å².